The van der Waals surface area contributed by atoms with Gasteiger partial charge in [-0.05, 0) is 38.3 Å². The van der Waals surface area contributed by atoms with E-state index in [1.54, 1.807) is 12.3 Å². The van der Waals surface area contributed by atoms with Gasteiger partial charge in [0.15, 0.2) is 0 Å². The molecule has 2 N–H and O–H groups in total. The summed E-state index contributed by atoms with van der Waals surface area (Å²) in [4.78, 5) is 28.9. The van der Waals surface area contributed by atoms with Gasteiger partial charge < -0.3 is 15.3 Å². The van der Waals surface area contributed by atoms with Gasteiger partial charge in [-0.15, -0.1) is 0 Å². The van der Waals surface area contributed by atoms with Crippen LogP contribution in [0.15, 0.2) is 18.3 Å². The molecule has 1 aliphatic rings. The third-order valence-corrected chi connectivity index (χ3v) is 3.46. The van der Waals surface area contributed by atoms with Crippen molar-refractivity contribution in [2.75, 3.05) is 23.3 Å². The van der Waals surface area contributed by atoms with Crippen LogP contribution < -0.4 is 10.2 Å². The van der Waals surface area contributed by atoms with E-state index in [0.717, 1.165) is 18.9 Å². The highest BCUT2D eigenvalue weighted by Gasteiger charge is 2.20. The van der Waals surface area contributed by atoms with E-state index >= 15 is 0 Å². The summed E-state index contributed by atoms with van der Waals surface area (Å²) in [5.41, 5.74) is 0.517. The van der Waals surface area contributed by atoms with Crippen molar-refractivity contribution in [1.29, 1.82) is 0 Å². The van der Waals surface area contributed by atoms with Crippen molar-refractivity contribution in [2.45, 2.75) is 26.2 Å². The summed E-state index contributed by atoms with van der Waals surface area (Å²) >= 11 is 0. The zero-order chi connectivity index (χ0) is 14.5. The fourth-order valence-corrected chi connectivity index (χ4v) is 2.13. The maximum absolute atomic E-state index is 11.6. The topological polar surface area (TPSA) is 82.5 Å². The number of nitrogens with zero attached hydrogens (tertiary/aromatic N) is 2. The highest BCUT2D eigenvalue weighted by molar-refractivity contribution is 6.03. The third-order valence-electron chi connectivity index (χ3n) is 3.46. The normalized spacial score (nSPS) is 16.6. The molecular formula is C14H19N3O3. The Bertz CT molecular complexity index is 481. The van der Waals surface area contributed by atoms with E-state index in [-0.39, 0.29) is 0 Å². The lowest BCUT2D eigenvalue weighted by molar-refractivity contribution is -0.144. The molecule has 1 aliphatic heterocycles. The number of piperidine rings is 1. The number of pyridine rings is 1. The second kappa shape index (κ2) is 6.36. The maximum atomic E-state index is 11.6. The molecule has 108 valence electrons. The van der Waals surface area contributed by atoms with Gasteiger partial charge in [0.05, 0.1) is 11.9 Å². The van der Waals surface area contributed by atoms with Crippen molar-refractivity contribution in [2.24, 2.45) is 5.92 Å². The van der Waals surface area contributed by atoms with Gasteiger partial charge in [-0.2, -0.15) is 0 Å². The second-order valence-electron chi connectivity index (χ2n) is 5.00. The Balaban J connectivity index is 1.97. The summed E-state index contributed by atoms with van der Waals surface area (Å²) in [6.45, 7) is 3.37. The number of amides is 1. The lowest BCUT2D eigenvalue weighted by Crippen LogP contribution is -2.30. The summed E-state index contributed by atoms with van der Waals surface area (Å²) in [7, 11) is 0. The van der Waals surface area contributed by atoms with Crippen molar-refractivity contribution >= 4 is 23.4 Å². The second-order valence-corrected chi connectivity index (χ2v) is 5.00. The van der Waals surface area contributed by atoms with Crippen LogP contribution in [0.5, 0.6) is 0 Å². The molecule has 1 atom stereocenters. The number of nitrogens with one attached hydrogen (secondary N) is 1. The predicted molar refractivity (Wildman–Crippen MR) is 75.7 cm³/mol. The smallest absolute Gasteiger partial charge is 0.315 e. The molecule has 0 aromatic carbocycles. The van der Waals surface area contributed by atoms with E-state index in [4.69, 9.17) is 5.11 Å². The SMILES string of the molecule is CC(C(=O)O)C(=O)Nc1ccc(N2CCCCC2)nc1. The van der Waals surface area contributed by atoms with Gasteiger partial charge in [0.2, 0.25) is 5.91 Å². The van der Waals surface area contributed by atoms with Crippen LogP contribution in [0.4, 0.5) is 11.5 Å². The van der Waals surface area contributed by atoms with E-state index in [1.807, 2.05) is 6.07 Å². The molecule has 0 spiro atoms. The molecule has 0 radical (unpaired) electrons. The Morgan fingerprint density at radius 1 is 1.30 bits per heavy atom. The van der Waals surface area contributed by atoms with E-state index < -0.39 is 17.8 Å². The molecule has 1 aromatic heterocycles. The van der Waals surface area contributed by atoms with E-state index in [1.165, 1.54) is 26.2 Å². The summed E-state index contributed by atoms with van der Waals surface area (Å²) in [6, 6.07) is 3.61. The molecule has 1 unspecified atom stereocenters. The zero-order valence-electron chi connectivity index (χ0n) is 11.5. The minimum atomic E-state index is -1.14. The molecule has 6 nitrogen and oxygen atoms in total. The molecule has 0 saturated carbocycles. The lowest BCUT2D eigenvalue weighted by Gasteiger charge is -2.27. The summed E-state index contributed by atoms with van der Waals surface area (Å²) in [5, 5.41) is 11.3. The van der Waals surface area contributed by atoms with Crippen molar-refractivity contribution in [3.05, 3.63) is 18.3 Å². The van der Waals surface area contributed by atoms with Crippen molar-refractivity contribution < 1.29 is 14.7 Å². The average Bonchev–Trinajstić information content (AvgIpc) is 2.48. The predicted octanol–water partition coefficient (Wildman–Crippen LogP) is 1.73. The van der Waals surface area contributed by atoms with Gasteiger partial charge >= 0.3 is 5.97 Å². The Labute approximate surface area is 117 Å². The molecule has 1 aromatic rings. The van der Waals surface area contributed by atoms with E-state index in [2.05, 4.69) is 15.2 Å². The van der Waals surface area contributed by atoms with Gasteiger partial charge in [0, 0.05) is 13.1 Å². The highest BCUT2D eigenvalue weighted by atomic mass is 16.4. The van der Waals surface area contributed by atoms with E-state index in [0.29, 0.717) is 5.69 Å². The number of anilines is 2. The largest absolute Gasteiger partial charge is 0.481 e. The Morgan fingerprint density at radius 2 is 2.00 bits per heavy atom. The van der Waals surface area contributed by atoms with Gasteiger partial charge in [-0.1, -0.05) is 0 Å². The number of aromatic nitrogens is 1. The van der Waals surface area contributed by atoms with Crippen LogP contribution in [0.25, 0.3) is 0 Å². The number of carbonyl (C=O) groups excluding carboxylic acids is 1. The summed E-state index contributed by atoms with van der Waals surface area (Å²) in [6.07, 6.45) is 5.18. The number of carboxylic acid groups (broad SMARTS) is 1. The van der Waals surface area contributed by atoms with Gasteiger partial charge in [-0.3, -0.25) is 9.59 Å². The molecule has 2 heterocycles. The average molecular weight is 277 g/mol. The summed E-state index contributed by atoms with van der Waals surface area (Å²) in [5.74, 6) is -1.85. The first-order valence-electron chi connectivity index (χ1n) is 6.82. The summed E-state index contributed by atoms with van der Waals surface area (Å²) < 4.78 is 0. The first kappa shape index (κ1) is 14.3. The van der Waals surface area contributed by atoms with Crippen LogP contribution >= 0.6 is 0 Å². The van der Waals surface area contributed by atoms with Crippen LogP contribution in [0, 0.1) is 5.92 Å². The molecule has 0 aliphatic carbocycles. The number of rotatable bonds is 4. The van der Waals surface area contributed by atoms with Crippen LogP contribution in [0.2, 0.25) is 0 Å². The van der Waals surface area contributed by atoms with Gasteiger partial charge in [0.25, 0.3) is 0 Å². The number of carboxylic acids is 1. The minimum absolute atomic E-state index is 0.517. The first-order chi connectivity index (χ1) is 9.58. The van der Waals surface area contributed by atoms with Crippen molar-refractivity contribution in [3.8, 4) is 0 Å². The lowest BCUT2D eigenvalue weighted by atomic mass is 10.1. The Morgan fingerprint density at radius 3 is 2.55 bits per heavy atom. The van der Waals surface area contributed by atoms with Crippen molar-refractivity contribution in [3.63, 3.8) is 0 Å². The fraction of sp³-hybridized carbons (Fsp3) is 0.500. The minimum Gasteiger partial charge on any atom is -0.481 e. The number of hydrogen-bond acceptors (Lipinski definition) is 4. The third kappa shape index (κ3) is 3.46. The van der Waals surface area contributed by atoms with Crippen LogP contribution in [0.3, 0.4) is 0 Å². The monoisotopic (exact) mass is 277 g/mol. The van der Waals surface area contributed by atoms with Gasteiger partial charge in [0.1, 0.15) is 11.7 Å². The van der Waals surface area contributed by atoms with E-state index in [9.17, 15) is 9.59 Å². The number of hydrogen-bond donors (Lipinski definition) is 2. The van der Waals surface area contributed by atoms with Gasteiger partial charge in [-0.25, -0.2) is 4.98 Å². The molecule has 1 amide bonds. The first-order valence-corrected chi connectivity index (χ1v) is 6.82. The Hall–Kier alpha value is -2.11. The molecule has 1 saturated heterocycles. The molecule has 2 rings (SSSR count). The number of carbonyl (C=O) groups is 2. The molecular weight excluding hydrogens is 258 g/mol. The highest BCUT2D eigenvalue weighted by Crippen LogP contribution is 2.19. The number of aliphatic carboxylic acids is 1. The van der Waals surface area contributed by atoms with Crippen LogP contribution in [-0.2, 0) is 9.59 Å². The van der Waals surface area contributed by atoms with Crippen LogP contribution in [0.1, 0.15) is 26.2 Å². The standard InChI is InChI=1S/C14H19N3O3/c1-10(14(19)20)13(18)16-11-5-6-12(15-9-11)17-7-3-2-4-8-17/h5-6,9-10H,2-4,7-8H2,1H3,(H,16,18)(H,19,20). The fourth-order valence-electron chi connectivity index (χ4n) is 2.13. The molecule has 1 fully saturated rings. The quantitative estimate of drug-likeness (QED) is 0.819. The maximum Gasteiger partial charge on any atom is 0.315 e. The molecule has 0 bridgehead atoms. The molecule has 6 heteroatoms. The zero-order valence-corrected chi connectivity index (χ0v) is 11.5. The molecule has 20 heavy (non-hydrogen) atoms. The van der Waals surface area contributed by atoms with Crippen molar-refractivity contribution in [1.82, 2.24) is 4.98 Å². The Kier molecular flexibility index (Phi) is 4.55. The van der Waals surface area contributed by atoms with Crippen LogP contribution in [-0.4, -0.2) is 35.1 Å².